The number of Topliss-reactive ketones (excluding diaryl/α,β-unsaturated/α-hetero) is 1. The van der Waals surface area contributed by atoms with Crippen molar-refractivity contribution in [2.75, 3.05) is 11.4 Å². The highest BCUT2D eigenvalue weighted by Gasteiger charge is 2.37. The number of fused-ring (bicyclic) bond motifs is 1. The van der Waals surface area contributed by atoms with E-state index in [0.717, 1.165) is 0 Å². The first-order valence-corrected chi connectivity index (χ1v) is 6.72. The monoisotopic (exact) mass is 269 g/mol. The molecule has 0 N–H and O–H groups in total. The Morgan fingerprint density at radius 2 is 2.00 bits per heavy atom. The Morgan fingerprint density at radius 3 is 2.65 bits per heavy atom. The molecule has 0 bridgehead atoms. The number of benzene rings is 1. The summed E-state index contributed by atoms with van der Waals surface area (Å²) in [5.74, 6) is 0.0302. The molecule has 1 aliphatic rings. The molecular weight excluding hydrogens is 250 g/mol. The Balaban J connectivity index is 2.61. The molecule has 1 heterocycles. The van der Waals surface area contributed by atoms with Gasteiger partial charge in [0.15, 0.2) is 5.78 Å². The highest BCUT2D eigenvalue weighted by molar-refractivity contribution is 6.09. The minimum atomic E-state index is -0.716. The second-order valence-corrected chi connectivity index (χ2v) is 5.27. The van der Waals surface area contributed by atoms with Crippen molar-refractivity contribution in [3.05, 3.63) is 55.1 Å². The quantitative estimate of drug-likeness (QED) is 0.789. The zero-order valence-electron chi connectivity index (χ0n) is 11.8. The van der Waals surface area contributed by atoms with Crippen molar-refractivity contribution < 1.29 is 9.59 Å². The van der Waals surface area contributed by atoms with Gasteiger partial charge in [-0.2, -0.15) is 0 Å². The van der Waals surface area contributed by atoms with Gasteiger partial charge in [-0.3, -0.25) is 9.59 Å². The molecule has 1 aliphatic heterocycles. The number of amides is 1. The lowest BCUT2D eigenvalue weighted by Gasteiger charge is -2.34. The molecule has 0 spiro atoms. The van der Waals surface area contributed by atoms with E-state index in [9.17, 15) is 9.59 Å². The van der Waals surface area contributed by atoms with E-state index in [4.69, 9.17) is 0 Å². The summed E-state index contributed by atoms with van der Waals surface area (Å²) in [6.45, 7) is 9.69. The van der Waals surface area contributed by atoms with Crippen LogP contribution in [0.15, 0.2) is 49.6 Å². The summed E-state index contributed by atoms with van der Waals surface area (Å²) in [5.41, 5.74) is 0.552. The number of carbonyl (C=O) groups excluding carboxylic acids is 2. The van der Waals surface area contributed by atoms with Gasteiger partial charge in [0.25, 0.3) is 0 Å². The maximum Gasteiger partial charge on any atom is 0.237 e. The minimum Gasteiger partial charge on any atom is -0.307 e. The molecular formula is C17H19NO2. The molecule has 0 aliphatic carbocycles. The molecule has 20 heavy (non-hydrogen) atoms. The predicted molar refractivity (Wildman–Crippen MR) is 80.9 cm³/mol. The second kappa shape index (κ2) is 5.45. The average Bonchev–Trinajstić information content (AvgIpc) is 2.48. The first-order chi connectivity index (χ1) is 9.53. The van der Waals surface area contributed by atoms with Crippen LogP contribution < -0.4 is 4.90 Å². The topological polar surface area (TPSA) is 37.4 Å². The molecule has 0 saturated heterocycles. The molecule has 0 unspecified atom stereocenters. The fourth-order valence-corrected chi connectivity index (χ4v) is 2.48. The van der Waals surface area contributed by atoms with Crippen LogP contribution in [0, 0.1) is 5.41 Å². The lowest BCUT2D eigenvalue weighted by Crippen LogP contribution is -2.44. The fraction of sp³-hybridized carbons (Fsp3) is 0.294. The van der Waals surface area contributed by atoms with Crippen LogP contribution in [0.3, 0.4) is 0 Å². The molecule has 1 amide bonds. The van der Waals surface area contributed by atoms with Gasteiger partial charge in [-0.15, -0.1) is 13.2 Å². The predicted octanol–water partition coefficient (Wildman–Crippen LogP) is 3.37. The first-order valence-electron chi connectivity index (χ1n) is 6.72. The lowest BCUT2D eigenvalue weighted by molar-refractivity contribution is -0.125. The van der Waals surface area contributed by atoms with Gasteiger partial charge in [0.1, 0.15) is 0 Å². The maximum absolute atomic E-state index is 12.8. The number of rotatable bonds is 3. The van der Waals surface area contributed by atoms with Gasteiger partial charge in [0.05, 0.1) is 11.1 Å². The van der Waals surface area contributed by atoms with Crippen molar-refractivity contribution in [2.45, 2.75) is 19.8 Å². The van der Waals surface area contributed by atoms with Crippen LogP contribution in [-0.4, -0.2) is 18.2 Å². The van der Waals surface area contributed by atoms with Gasteiger partial charge in [-0.1, -0.05) is 24.3 Å². The van der Waals surface area contributed by atoms with E-state index >= 15 is 0 Å². The number of anilines is 1. The Bertz CT molecular complexity index is 576. The summed E-state index contributed by atoms with van der Waals surface area (Å²) in [5, 5.41) is 0. The zero-order valence-corrected chi connectivity index (χ0v) is 11.8. The number of carbonyl (C=O) groups is 2. The molecule has 0 saturated carbocycles. The Kier molecular flexibility index (Phi) is 3.89. The third kappa shape index (κ3) is 2.31. The van der Waals surface area contributed by atoms with Crippen molar-refractivity contribution in [2.24, 2.45) is 5.41 Å². The summed E-state index contributed by atoms with van der Waals surface area (Å²) >= 11 is 0. The minimum absolute atomic E-state index is 0.0349. The van der Waals surface area contributed by atoms with Crippen LogP contribution >= 0.6 is 0 Å². The zero-order chi connectivity index (χ0) is 14.8. The van der Waals surface area contributed by atoms with Crippen LogP contribution in [0.25, 0.3) is 0 Å². The van der Waals surface area contributed by atoms with Gasteiger partial charge in [-0.05, 0) is 25.5 Å². The Labute approximate surface area is 119 Å². The molecule has 1 aromatic carbocycles. The smallest absolute Gasteiger partial charge is 0.237 e. The fourth-order valence-electron chi connectivity index (χ4n) is 2.48. The third-order valence-electron chi connectivity index (χ3n) is 3.86. The van der Waals surface area contributed by atoms with E-state index in [2.05, 4.69) is 13.2 Å². The van der Waals surface area contributed by atoms with Crippen LogP contribution in [-0.2, 0) is 4.79 Å². The highest BCUT2D eigenvalue weighted by atomic mass is 16.2. The molecule has 1 atom stereocenters. The van der Waals surface area contributed by atoms with E-state index in [1.54, 1.807) is 23.1 Å². The standard InChI is InChI=1S/C17H19NO2/c1-4-12-18-14-9-7-6-8-13(14)15(19)10-11-17(3,5-2)16(18)20/h4-9H,1-2,10-12H2,3H3/t17-/m1/s1. The van der Waals surface area contributed by atoms with E-state index in [1.807, 2.05) is 25.1 Å². The summed E-state index contributed by atoms with van der Waals surface area (Å²) in [4.78, 5) is 26.8. The maximum atomic E-state index is 12.8. The van der Waals surface area contributed by atoms with E-state index < -0.39 is 5.41 Å². The van der Waals surface area contributed by atoms with Gasteiger partial charge in [0.2, 0.25) is 5.91 Å². The number of ketones is 1. The first kappa shape index (κ1) is 14.3. The second-order valence-electron chi connectivity index (χ2n) is 5.27. The van der Waals surface area contributed by atoms with Crippen LogP contribution in [0.5, 0.6) is 0 Å². The lowest BCUT2D eigenvalue weighted by atomic mass is 9.80. The van der Waals surface area contributed by atoms with Crippen molar-refractivity contribution in [1.29, 1.82) is 0 Å². The SMILES string of the molecule is C=CCN1C(=O)[C@](C)(C=C)CCC(=O)c2ccccc21. The molecule has 1 aromatic rings. The summed E-state index contributed by atoms with van der Waals surface area (Å²) in [6.07, 6.45) is 4.15. The van der Waals surface area contributed by atoms with Crippen LogP contribution in [0.1, 0.15) is 30.1 Å². The van der Waals surface area contributed by atoms with Crippen molar-refractivity contribution >= 4 is 17.4 Å². The third-order valence-corrected chi connectivity index (χ3v) is 3.86. The highest BCUT2D eigenvalue weighted by Crippen LogP contribution is 2.35. The van der Waals surface area contributed by atoms with E-state index in [-0.39, 0.29) is 11.7 Å². The van der Waals surface area contributed by atoms with Crippen LogP contribution in [0.4, 0.5) is 5.69 Å². The van der Waals surface area contributed by atoms with Gasteiger partial charge < -0.3 is 4.90 Å². The molecule has 0 aromatic heterocycles. The summed E-state index contributed by atoms with van der Waals surface area (Å²) < 4.78 is 0. The average molecular weight is 269 g/mol. The van der Waals surface area contributed by atoms with Gasteiger partial charge in [-0.25, -0.2) is 0 Å². The number of nitrogens with zero attached hydrogens (tertiary/aromatic N) is 1. The number of para-hydroxylation sites is 1. The normalized spacial score (nSPS) is 22.8. The Hall–Kier alpha value is -2.16. The van der Waals surface area contributed by atoms with Crippen LogP contribution in [0.2, 0.25) is 0 Å². The molecule has 0 radical (unpaired) electrons. The number of hydrogen-bond donors (Lipinski definition) is 0. The van der Waals surface area contributed by atoms with Gasteiger partial charge in [0, 0.05) is 18.5 Å². The molecule has 104 valence electrons. The molecule has 2 rings (SSSR count). The Morgan fingerprint density at radius 1 is 1.30 bits per heavy atom. The summed E-state index contributed by atoms with van der Waals surface area (Å²) in [7, 11) is 0. The van der Waals surface area contributed by atoms with Gasteiger partial charge >= 0.3 is 0 Å². The summed E-state index contributed by atoms with van der Waals surface area (Å²) in [6, 6.07) is 7.24. The van der Waals surface area contributed by atoms with E-state index in [1.165, 1.54) is 0 Å². The van der Waals surface area contributed by atoms with Crippen molar-refractivity contribution in [3.63, 3.8) is 0 Å². The van der Waals surface area contributed by atoms with E-state index in [0.29, 0.717) is 30.6 Å². The molecule has 3 heteroatoms. The molecule has 3 nitrogen and oxygen atoms in total. The number of hydrogen-bond acceptors (Lipinski definition) is 2. The molecule has 0 fully saturated rings. The van der Waals surface area contributed by atoms with Crippen molar-refractivity contribution in [3.8, 4) is 0 Å². The van der Waals surface area contributed by atoms with Crippen molar-refractivity contribution in [1.82, 2.24) is 0 Å². The largest absolute Gasteiger partial charge is 0.307 e.